The first-order chi connectivity index (χ1) is 15.2. The molecule has 4 rings (SSSR count). The number of aromatic nitrogens is 2. The first kappa shape index (κ1) is 20.7. The molecule has 1 unspecified atom stereocenters. The molecule has 1 amide bonds. The van der Waals surface area contributed by atoms with E-state index in [1.54, 1.807) is 0 Å². The number of carbonyl (C=O) groups excluding carboxylic acids is 1. The number of rotatable bonds is 8. The van der Waals surface area contributed by atoms with Crippen molar-refractivity contribution in [3.8, 4) is 17.2 Å². The van der Waals surface area contributed by atoms with Crippen LogP contribution in [0.2, 0.25) is 0 Å². The molecule has 0 fully saturated rings. The van der Waals surface area contributed by atoms with E-state index in [1.807, 2.05) is 91.9 Å². The van der Waals surface area contributed by atoms with Gasteiger partial charge >= 0.3 is 0 Å². The predicted octanol–water partition coefficient (Wildman–Crippen LogP) is 5.61. The molecular formula is C24H21N3O3S. The normalized spacial score (nSPS) is 11.6. The quantitative estimate of drug-likeness (QED) is 0.366. The minimum absolute atomic E-state index is 0.206. The van der Waals surface area contributed by atoms with Gasteiger partial charge in [-0.2, -0.15) is 0 Å². The van der Waals surface area contributed by atoms with Crippen LogP contribution in [0, 0.1) is 0 Å². The molecule has 0 aliphatic carbocycles. The van der Waals surface area contributed by atoms with Crippen molar-refractivity contribution in [3.63, 3.8) is 0 Å². The van der Waals surface area contributed by atoms with Crippen molar-refractivity contribution in [1.29, 1.82) is 0 Å². The number of hydrogen-bond donors (Lipinski definition) is 1. The fourth-order valence-corrected chi connectivity index (χ4v) is 3.88. The lowest BCUT2D eigenvalue weighted by atomic mass is 10.1. The van der Waals surface area contributed by atoms with E-state index < -0.39 is 5.25 Å². The molecule has 1 atom stereocenters. The van der Waals surface area contributed by atoms with E-state index in [0.29, 0.717) is 29.2 Å². The number of para-hydroxylation sites is 2. The minimum atomic E-state index is -0.583. The van der Waals surface area contributed by atoms with E-state index in [-0.39, 0.29) is 5.91 Å². The van der Waals surface area contributed by atoms with Crippen LogP contribution in [0.15, 0.2) is 94.6 Å². The number of anilines is 1. The highest BCUT2D eigenvalue weighted by Gasteiger charge is 2.26. The SMILES string of the molecule is CCOc1ccccc1NC(=O)C(Sc1nnc(-c2ccccc2)o1)c1ccccc1. The van der Waals surface area contributed by atoms with Gasteiger partial charge in [-0.15, -0.1) is 10.2 Å². The number of amides is 1. The Kier molecular flexibility index (Phi) is 6.64. The summed E-state index contributed by atoms with van der Waals surface area (Å²) in [5.74, 6) is 0.833. The van der Waals surface area contributed by atoms with Crippen LogP contribution in [0.25, 0.3) is 11.5 Å². The van der Waals surface area contributed by atoms with Gasteiger partial charge in [-0.1, -0.05) is 60.7 Å². The maximum Gasteiger partial charge on any atom is 0.277 e. The number of hydrogen-bond acceptors (Lipinski definition) is 6. The Morgan fingerprint density at radius 2 is 1.65 bits per heavy atom. The highest BCUT2D eigenvalue weighted by atomic mass is 32.2. The van der Waals surface area contributed by atoms with Gasteiger partial charge in [-0.25, -0.2) is 0 Å². The van der Waals surface area contributed by atoms with Crippen molar-refractivity contribution >= 4 is 23.4 Å². The summed E-state index contributed by atoms with van der Waals surface area (Å²) in [6, 6.07) is 26.4. The van der Waals surface area contributed by atoms with E-state index in [1.165, 1.54) is 11.8 Å². The lowest BCUT2D eigenvalue weighted by Gasteiger charge is -2.17. The molecule has 0 aliphatic rings. The van der Waals surface area contributed by atoms with E-state index in [9.17, 15) is 4.79 Å². The first-order valence-corrected chi connectivity index (χ1v) is 10.8. The predicted molar refractivity (Wildman–Crippen MR) is 121 cm³/mol. The molecular weight excluding hydrogens is 410 g/mol. The number of nitrogens with one attached hydrogen (secondary N) is 1. The molecule has 31 heavy (non-hydrogen) atoms. The van der Waals surface area contributed by atoms with E-state index >= 15 is 0 Å². The largest absolute Gasteiger partial charge is 0.492 e. The average Bonchev–Trinajstić information content (AvgIpc) is 3.29. The maximum atomic E-state index is 13.3. The fourth-order valence-electron chi connectivity index (χ4n) is 3.01. The fraction of sp³-hybridized carbons (Fsp3) is 0.125. The van der Waals surface area contributed by atoms with Crippen molar-refractivity contribution in [2.24, 2.45) is 0 Å². The first-order valence-electron chi connectivity index (χ1n) is 9.88. The third-order valence-electron chi connectivity index (χ3n) is 4.43. The second-order valence-electron chi connectivity index (χ2n) is 6.57. The lowest BCUT2D eigenvalue weighted by molar-refractivity contribution is -0.115. The maximum absolute atomic E-state index is 13.3. The van der Waals surface area contributed by atoms with Gasteiger partial charge in [-0.05, 0) is 48.5 Å². The van der Waals surface area contributed by atoms with Crippen molar-refractivity contribution in [2.45, 2.75) is 17.4 Å². The van der Waals surface area contributed by atoms with E-state index in [2.05, 4.69) is 15.5 Å². The second-order valence-corrected chi connectivity index (χ2v) is 7.62. The summed E-state index contributed by atoms with van der Waals surface area (Å²) < 4.78 is 11.5. The van der Waals surface area contributed by atoms with Crippen LogP contribution < -0.4 is 10.1 Å². The summed E-state index contributed by atoms with van der Waals surface area (Å²) in [6.07, 6.45) is 0. The molecule has 6 nitrogen and oxygen atoms in total. The van der Waals surface area contributed by atoms with E-state index in [4.69, 9.17) is 9.15 Å². The smallest absolute Gasteiger partial charge is 0.277 e. The zero-order chi connectivity index (χ0) is 21.5. The Morgan fingerprint density at radius 3 is 2.39 bits per heavy atom. The van der Waals surface area contributed by atoms with Gasteiger partial charge in [0.05, 0.1) is 12.3 Å². The zero-order valence-electron chi connectivity index (χ0n) is 16.9. The molecule has 4 aromatic rings. The Morgan fingerprint density at radius 1 is 0.968 bits per heavy atom. The summed E-state index contributed by atoms with van der Waals surface area (Å²) in [6.45, 7) is 2.41. The van der Waals surface area contributed by atoms with Gasteiger partial charge in [0.25, 0.3) is 5.22 Å². The van der Waals surface area contributed by atoms with Crippen LogP contribution in [0.4, 0.5) is 5.69 Å². The van der Waals surface area contributed by atoms with Crippen LogP contribution in [0.1, 0.15) is 17.7 Å². The molecule has 1 N–H and O–H groups in total. The number of benzene rings is 3. The molecule has 7 heteroatoms. The third-order valence-corrected chi connectivity index (χ3v) is 5.52. The lowest BCUT2D eigenvalue weighted by Crippen LogP contribution is -2.19. The van der Waals surface area contributed by atoms with Gasteiger partial charge in [-0.3, -0.25) is 4.79 Å². The number of ether oxygens (including phenoxy) is 1. The van der Waals surface area contributed by atoms with Crippen LogP contribution in [0.3, 0.4) is 0 Å². The number of nitrogens with zero attached hydrogens (tertiary/aromatic N) is 2. The van der Waals surface area contributed by atoms with E-state index in [0.717, 1.165) is 11.1 Å². The van der Waals surface area contributed by atoms with Crippen LogP contribution in [-0.2, 0) is 4.79 Å². The molecule has 0 aliphatic heterocycles. The molecule has 0 radical (unpaired) electrons. The number of carbonyl (C=O) groups is 1. The van der Waals surface area contributed by atoms with Gasteiger partial charge in [0, 0.05) is 5.56 Å². The highest BCUT2D eigenvalue weighted by Crippen LogP contribution is 2.37. The molecule has 0 saturated heterocycles. The Balaban J connectivity index is 1.59. The molecule has 3 aromatic carbocycles. The Bertz CT molecular complexity index is 1130. The molecule has 1 heterocycles. The average molecular weight is 432 g/mol. The summed E-state index contributed by atoms with van der Waals surface area (Å²) in [5.41, 5.74) is 2.28. The van der Waals surface area contributed by atoms with Crippen molar-refractivity contribution in [3.05, 3.63) is 90.5 Å². The monoisotopic (exact) mass is 431 g/mol. The topological polar surface area (TPSA) is 77.2 Å². The highest BCUT2D eigenvalue weighted by molar-refractivity contribution is 8.00. The summed E-state index contributed by atoms with van der Waals surface area (Å²) in [5, 5.41) is 11.0. The molecule has 0 spiro atoms. The summed E-state index contributed by atoms with van der Waals surface area (Å²) in [7, 11) is 0. The minimum Gasteiger partial charge on any atom is -0.492 e. The van der Waals surface area contributed by atoms with Gasteiger partial charge in [0.15, 0.2) is 0 Å². The molecule has 156 valence electrons. The third kappa shape index (κ3) is 5.13. The summed E-state index contributed by atoms with van der Waals surface area (Å²) >= 11 is 1.21. The molecule has 0 bridgehead atoms. The Labute approximate surface area is 184 Å². The van der Waals surface area contributed by atoms with Crippen molar-refractivity contribution in [1.82, 2.24) is 10.2 Å². The van der Waals surface area contributed by atoms with Crippen LogP contribution >= 0.6 is 11.8 Å². The van der Waals surface area contributed by atoms with Gasteiger partial charge in [0.1, 0.15) is 11.0 Å². The van der Waals surface area contributed by atoms with Crippen LogP contribution in [-0.4, -0.2) is 22.7 Å². The van der Waals surface area contributed by atoms with Crippen molar-refractivity contribution < 1.29 is 13.9 Å². The summed E-state index contributed by atoms with van der Waals surface area (Å²) in [4.78, 5) is 13.3. The second kappa shape index (κ2) is 9.95. The molecule has 1 aromatic heterocycles. The van der Waals surface area contributed by atoms with Gasteiger partial charge < -0.3 is 14.5 Å². The van der Waals surface area contributed by atoms with Crippen LogP contribution in [0.5, 0.6) is 5.75 Å². The van der Waals surface area contributed by atoms with Gasteiger partial charge in [0.2, 0.25) is 11.8 Å². The van der Waals surface area contributed by atoms with Crippen molar-refractivity contribution in [2.75, 3.05) is 11.9 Å². The number of thioether (sulfide) groups is 1. The molecule has 0 saturated carbocycles. The zero-order valence-corrected chi connectivity index (χ0v) is 17.7. The standard InChI is InChI=1S/C24H21N3O3S/c1-2-29-20-16-10-9-15-19(20)25-22(28)21(17-11-5-3-6-12-17)31-24-27-26-23(30-24)18-13-7-4-8-14-18/h3-16,21H,2H2,1H3,(H,25,28). The Hall–Kier alpha value is -3.58.